The van der Waals surface area contributed by atoms with Gasteiger partial charge in [0.1, 0.15) is 5.82 Å². The van der Waals surface area contributed by atoms with Crippen molar-refractivity contribution in [1.29, 1.82) is 0 Å². The van der Waals surface area contributed by atoms with Crippen molar-refractivity contribution in [3.8, 4) is 0 Å². The number of piperidine rings is 1. The Balaban J connectivity index is 1.69. The molecule has 3 rings (SSSR count). The second-order valence-corrected chi connectivity index (χ2v) is 6.36. The Labute approximate surface area is 145 Å². The van der Waals surface area contributed by atoms with E-state index in [1.807, 2.05) is 12.1 Å². The first-order chi connectivity index (χ1) is 11.6. The maximum Gasteiger partial charge on any atom is 0.241 e. The smallest absolute Gasteiger partial charge is 0.241 e. The van der Waals surface area contributed by atoms with E-state index in [-0.39, 0.29) is 17.0 Å². The highest BCUT2D eigenvalue weighted by Crippen LogP contribution is 2.23. The Kier molecular flexibility index (Phi) is 5.43. The molecule has 6 heteroatoms. The van der Waals surface area contributed by atoms with Gasteiger partial charge in [-0.05, 0) is 55.3 Å². The lowest BCUT2D eigenvalue weighted by Crippen LogP contribution is -2.46. The Hall–Kier alpha value is -1.98. The molecule has 0 aliphatic carbocycles. The molecule has 1 saturated heterocycles. The molecule has 2 aromatic rings. The number of carbonyl (C=O) groups excluding carboxylic acids is 1. The van der Waals surface area contributed by atoms with E-state index in [2.05, 4.69) is 15.2 Å². The number of likely N-dealkylation sites (tertiary alicyclic amines) is 1. The zero-order valence-electron chi connectivity index (χ0n) is 13.2. The zero-order valence-corrected chi connectivity index (χ0v) is 14.0. The fourth-order valence-corrected chi connectivity index (χ4v) is 3.12. The highest BCUT2D eigenvalue weighted by atomic mass is 35.5. The lowest BCUT2D eigenvalue weighted by Gasteiger charge is -2.34. The summed E-state index contributed by atoms with van der Waals surface area (Å²) >= 11 is 5.68. The van der Waals surface area contributed by atoms with Crippen molar-refractivity contribution in [2.45, 2.75) is 31.8 Å². The highest BCUT2D eigenvalue weighted by molar-refractivity contribution is 6.30. The fraction of sp³-hybridized carbons (Fsp3) is 0.333. The first kappa shape index (κ1) is 16.9. The molecular weight excluding hydrogens is 329 g/mol. The van der Waals surface area contributed by atoms with Gasteiger partial charge in [0, 0.05) is 24.6 Å². The third kappa shape index (κ3) is 4.10. The SMILES string of the molecule is O=C(Nc1ccc(Cl)c(F)c1)C1CCCCN1Cc1ccncc1. The highest BCUT2D eigenvalue weighted by Gasteiger charge is 2.28. The predicted octanol–water partition coefficient (Wildman–Crippen LogP) is 3.87. The number of halogens is 2. The van der Waals surface area contributed by atoms with E-state index < -0.39 is 5.82 Å². The van der Waals surface area contributed by atoms with Crippen LogP contribution in [-0.4, -0.2) is 28.4 Å². The van der Waals surface area contributed by atoms with Gasteiger partial charge in [-0.1, -0.05) is 18.0 Å². The number of pyridine rings is 1. The molecule has 1 amide bonds. The van der Waals surface area contributed by atoms with Crippen LogP contribution in [-0.2, 0) is 11.3 Å². The van der Waals surface area contributed by atoms with Crippen molar-refractivity contribution in [3.63, 3.8) is 0 Å². The van der Waals surface area contributed by atoms with Gasteiger partial charge in [0.25, 0.3) is 0 Å². The van der Waals surface area contributed by atoms with Gasteiger partial charge >= 0.3 is 0 Å². The normalized spacial score (nSPS) is 18.3. The second-order valence-electron chi connectivity index (χ2n) is 5.96. The van der Waals surface area contributed by atoms with Crippen LogP contribution in [0.2, 0.25) is 5.02 Å². The first-order valence-corrected chi connectivity index (χ1v) is 8.40. The molecule has 0 spiro atoms. The van der Waals surface area contributed by atoms with Crippen LogP contribution in [0.4, 0.5) is 10.1 Å². The molecular formula is C18H19ClFN3O. The molecule has 1 unspecified atom stereocenters. The van der Waals surface area contributed by atoms with E-state index in [9.17, 15) is 9.18 Å². The number of hydrogen-bond donors (Lipinski definition) is 1. The monoisotopic (exact) mass is 347 g/mol. The Morgan fingerprint density at radius 1 is 1.29 bits per heavy atom. The summed E-state index contributed by atoms with van der Waals surface area (Å²) in [4.78, 5) is 18.8. The van der Waals surface area contributed by atoms with E-state index in [0.717, 1.165) is 31.4 Å². The summed E-state index contributed by atoms with van der Waals surface area (Å²) in [5.74, 6) is -0.641. The van der Waals surface area contributed by atoms with Crippen LogP contribution in [0.5, 0.6) is 0 Å². The first-order valence-electron chi connectivity index (χ1n) is 8.02. The van der Waals surface area contributed by atoms with Crippen LogP contribution in [0.1, 0.15) is 24.8 Å². The van der Waals surface area contributed by atoms with Gasteiger partial charge in [0.05, 0.1) is 11.1 Å². The zero-order chi connectivity index (χ0) is 16.9. The molecule has 1 aromatic heterocycles. The standard InChI is InChI=1S/C18H19ClFN3O/c19-15-5-4-14(11-16(15)20)22-18(24)17-3-1-2-10-23(17)12-13-6-8-21-9-7-13/h4-9,11,17H,1-3,10,12H2,(H,22,24). The van der Waals surface area contributed by atoms with Crippen LogP contribution in [0.15, 0.2) is 42.7 Å². The summed E-state index contributed by atoms with van der Waals surface area (Å²) in [6.45, 7) is 1.57. The number of anilines is 1. The average molecular weight is 348 g/mol. The molecule has 0 radical (unpaired) electrons. The number of amides is 1. The maximum absolute atomic E-state index is 13.5. The molecule has 2 heterocycles. The molecule has 24 heavy (non-hydrogen) atoms. The summed E-state index contributed by atoms with van der Waals surface area (Å²) in [6.07, 6.45) is 6.40. The van der Waals surface area contributed by atoms with E-state index in [0.29, 0.717) is 12.2 Å². The summed E-state index contributed by atoms with van der Waals surface area (Å²) in [6, 6.07) is 8.00. The van der Waals surface area contributed by atoms with Gasteiger partial charge in [-0.25, -0.2) is 4.39 Å². The molecule has 1 fully saturated rings. The number of hydrogen-bond acceptors (Lipinski definition) is 3. The van der Waals surface area contributed by atoms with E-state index in [1.165, 1.54) is 12.1 Å². The van der Waals surface area contributed by atoms with Crippen molar-refractivity contribution in [3.05, 3.63) is 59.1 Å². The number of nitrogens with one attached hydrogen (secondary N) is 1. The van der Waals surface area contributed by atoms with E-state index >= 15 is 0 Å². The number of benzene rings is 1. The van der Waals surface area contributed by atoms with Crippen molar-refractivity contribution in [2.75, 3.05) is 11.9 Å². The number of nitrogens with zero attached hydrogens (tertiary/aromatic N) is 2. The number of rotatable bonds is 4. The van der Waals surface area contributed by atoms with Crippen molar-refractivity contribution in [1.82, 2.24) is 9.88 Å². The Morgan fingerprint density at radius 2 is 2.08 bits per heavy atom. The summed E-state index contributed by atoms with van der Waals surface area (Å²) in [5, 5.41) is 2.85. The van der Waals surface area contributed by atoms with E-state index in [4.69, 9.17) is 11.6 Å². The van der Waals surface area contributed by atoms with E-state index in [1.54, 1.807) is 18.5 Å². The largest absolute Gasteiger partial charge is 0.325 e. The molecule has 1 N–H and O–H groups in total. The third-order valence-electron chi connectivity index (χ3n) is 4.24. The lowest BCUT2D eigenvalue weighted by molar-refractivity contribution is -0.122. The average Bonchev–Trinajstić information content (AvgIpc) is 2.59. The maximum atomic E-state index is 13.5. The van der Waals surface area contributed by atoms with Gasteiger partial charge in [0.15, 0.2) is 0 Å². The molecule has 126 valence electrons. The van der Waals surface area contributed by atoms with Crippen molar-refractivity contribution >= 4 is 23.2 Å². The van der Waals surface area contributed by atoms with Gasteiger partial charge in [-0.15, -0.1) is 0 Å². The van der Waals surface area contributed by atoms with Crippen molar-refractivity contribution < 1.29 is 9.18 Å². The third-order valence-corrected chi connectivity index (χ3v) is 4.54. The van der Waals surface area contributed by atoms with Gasteiger partial charge in [-0.2, -0.15) is 0 Å². The summed E-state index contributed by atoms with van der Waals surface area (Å²) < 4.78 is 13.5. The topological polar surface area (TPSA) is 45.2 Å². The molecule has 1 aromatic carbocycles. The molecule has 1 atom stereocenters. The predicted molar refractivity (Wildman–Crippen MR) is 92.3 cm³/mol. The number of aromatic nitrogens is 1. The minimum absolute atomic E-state index is 0.0463. The van der Waals surface area contributed by atoms with Crippen LogP contribution < -0.4 is 5.32 Å². The molecule has 1 aliphatic heterocycles. The fourth-order valence-electron chi connectivity index (χ4n) is 3.00. The molecule has 4 nitrogen and oxygen atoms in total. The second kappa shape index (κ2) is 7.73. The van der Waals surface area contributed by atoms with Gasteiger partial charge in [-0.3, -0.25) is 14.7 Å². The van der Waals surface area contributed by atoms with Crippen LogP contribution in [0.25, 0.3) is 0 Å². The summed E-state index contributed by atoms with van der Waals surface area (Å²) in [7, 11) is 0. The van der Waals surface area contributed by atoms with Crippen molar-refractivity contribution in [2.24, 2.45) is 0 Å². The van der Waals surface area contributed by atoms with Crippen LogP contribution in [0.3, 0.4) is 0 Å². The van der Waals surface area contributed by atoms with Crippen LogP contribution in [0, 0.1) is 5.82 Å². The summed E-state index contributed by atoms with van der Waals surface area (Å²) in [5.41, 5.74) is 1.55. The molecule has 0 saturated carbocycles. The Bertz CT molecular complexity index is 711. The molecule has 0 bridgehead atoms. The Morgan fingerprint density at radius 3 is 2.83 bits per heavy atom. The van der Waals surface area contributed by atoms with Gasteiger partial charge in [0.2, 0.25) is 5.91 Å². The minimum Gasteiger partial charge on any atom is -0.325 e. The minimum atomic E-state index is -0.535. The van der Waals surface area contributed by atoms with Gasteiger partial charge < -0.3 is 5.32 Å². The quantitative estimate of drug-likeness (QED) is 0.913. The number of carbonyl (C=O) groups is 1. The van der Waals surface area contributed by atoms with Crippen LogP contribution >= 0.6 is 11.6 Å². The lowest BCUT2D eigenvalue weighted by atomic mass is 10.0. The molecule has 1 aliphatic rings.